The predicted octanol–water partition coefficient (Wildman–Crippen LogP) is 0.731. The van der Waals surface area contributed by atoms with Gasteiger partial charge < -0.3 is 16.2 Å². The molecule has 0 saturated heterocycles. The average Bonchev–Trinajstić information content (AvgIpc) is 2.15. The minimum Gasteiger partial charge on any atom is -0.480 e. The van der Waals surface area contributed by atoms with E-state index in [0.29, 0.717) is 19.4 Å². The molecule has 5 nitrogen and oxygen atoms in total. The van der Waals surface area contributed by atoms with Crippen LogP contribution in [0.5, 0.6) is 0 Å². The summed E-state index contributed by atoms with van der Waals surface area (Å²) in [6.07, 6.45) is 2.30. The fourth-order valence-electron chi connectivity index (χ4n) is 1.37. The van der Waals surface area contributed by atoms with Crippen molar-refractivity contribution in [2.45, 2.75) is 45.6 Å². The number of hydrogen-bond acceptors (Lipinski definition) is 3. The van der Waals surface area contributed by atoms with Crippen molar-refractivity contribution in [3.63, 3.8) is 0 Å². The molecule has 1 unspecified atom stereocenters. The number of hydrogen-bond donors (Lipinski definition) is 3. The van der Waals surface area contributed by atoms with Gasteiger partial charge in [0.05, 0.1) is 0 Å². The van der Waals surface area contributed by atoms with Crippen LogP contribution in [0.15, 0.2) is 0 Å². The standard InChI is InChI=1S/C11H22N2O3/c1-8(2)7-10(14)13-9(11(15)16)5-3-4-6-12/h8-9H,3-7,12H2,1-2H3,(H,13,14)(H,15,16). The van der Waals surface area contributed by atoms with E-state index in [2.05, 4.69) is 5.32 Å². The molecule has 4 N–H and O–H groups in total. The quantitative estimate of drug-likeness (QED) is 0.536. The maximum atomic E-state index is 11.4. The largest absolute Gasteiger partial charge is 0.480 e. The molecule has 0 aromatic heterocycles. The Labute approximate surface area is 96.4 Å². The Bertz CT molecular complexity index is 229. The molecule has 0 rings (SSSR count). The Morgan fingerprint density at radius 3 is 2.38 bits per heavy atom. The van der Waals surface area contributed by atoms with Crippen LogP contribution in [0.3, 0.4) is 0 Å². The van der Waals surface area contributed by atoms with Crippen LogP contribution in [-0.4, -0.2) is 29.6 Å². The van der Waals surface area contributed by atoms with Crippen molar-refractivity contribution >= 4 is 11.9 Å². The molecule has 1 atom stereocenters. The van der Waals surface area contributed by atoms with Crippen molar-refractivity contribution < 1.29 is 14.7 Å². The predicted molar refractivity (Wildman–Crippen MR) is 61.9 cm³/mol. The summed E-state index contributed by atoms with van der Waals surface area (Å²) in [5.41, 5.74) is 5.32. The lowest BCUT2D eigenvalue weighted by atomic mass is 10.1. The van der Waals surface area contributed by atoms with E-state index in [1.807, 2.05) is 13.8 Å². The van der Waals surface area contributed by atoms with Crippen molar-refractivity contribution in [2.75, 3.05) is 6.54 Å². The molecule has 0 heterocycles. The van der Waals surface area contributed by atoms with Crippen molar-refractivity contribution in [3.8, 4) is 0 Å². The molecule has 0 fully saturated rings. The van der Waals surface area contributed by atoms with Crippen molar-refractivity contribution in [2.24, 2.45) is 11.7 Å². The Morgan fingerprint density at radius 2 is 1.94 bits per heavy atom. The van der Waals surface area contributed by atoms with E-state index in [-0.39, 0.29) is 11.8 Å². The molecule has 0 spiro atoms. The fourth-order valence-corrected chi connectivity index (χ4v) is 1.37. The summed E-state index contributed by atoms with van der Waals surface area (Å²) < 4.78 is 0. The zero-order chi connectivity index (χ0) is 12.6. The monoisotopic (exact) mass is 230 g/mol. The lowest BCUT2D eigenvalue weighted by Crippen LogP contribution is -2.41. The van der Waals surface area contributed by atoms with Crippen LogP contribution >= 0.6 is 0 Å². The van der Waals surface area contributed by atoms with Gasteiger partial charge in [-0.3, -0.25) is 4.79 Å². The summed E-state index contributed by atoms with van der Waals surface area (Å²) in [7, 11) is 0. The molecule has 0 saturated carbocycles. The number of aliphatic carboxylic acids is 1. The molecule has 0 aliphatic heterocycles. The third-order valence-electron chi connectivity index (χ3n) is 2.17. The number of carboxylic acid groups (broad SMARTS) is 1. The smallest absolute Gasteiger partial charge is 0.326 e. The first-order chi connectivity index (χ1) is 7.47. The second kappa shape index (κ2) is 8.10. The second-order valence-corrected chi connectivity index (χ2v) is 4.34. The third-order valence-corrected chi connectivity index (χ3v) is 2.17. The fraction of sp³-hybridized carbons (Fsp3) is 0.818. The Hall–Kier alpha value is -1.10. The van der Waals surface area contributed by atoms with Crippen LogP contribution in [0.25, 0.3) is 0 Å². The maximum Gasteiger partial charge on any atom is 0.326 e. The van der Waals surface area contributed by atoms with Crippen LogP contribution in [0.2, 0.25) is 0 Å². The zero-order valence-electron chi connectivity index (χ0n) is 10.0. The highest BCUT2D eigenvalue weighted by Crippen LogP contribution is 2.03. The minimum absolute atomic E-state index is 0.199. The van der Waals surface area contributed by atoms with E-state index in [1.54, 1.807) is 0 Å². The highest BCUT2D eigenvalue weighted by atomic mass is 16.4. The van der Waals surface area contributed by atoms with E-state index in [0.717, 1.165) is 12.8 Å². The molecule has 5 heteroatoms. The first-order valence-electron chi connectivity index (χ1n) is 5.69. The van der Waals surface area contributed by atoms with Crippen molar-refractivity contribution in [3.05, 3.63) is 0 Å². The Morgan fingerprint density at radius 1 is 1.31 bits per heavy atom. The average molecular weight is 230 g/mol. The van der Waals surface area contributed by atoms with Crippen LogP contribution in [0.4, 0.5) is 0 Å². The van der Waals surface area contributed by atoms with Gasteiger partial charge in [-0.25, -0.2) is 4.79 Å². The first-order valence-corrected chi connectivity index (χ1v) is 5.69. The molecule has 0 aliphatic rings. The Kier molecular flexibility index (Phi) is 7.54. The molecule has 1 amide bonds. The normalized spacial score (nSPS) is 12.5. The van der Waals surface area contributed by atoms with E-state index >= 15 is 0 Å². The van der Waals surface area contributed by atoms with Gasteiger partial charge in [0.1, 0.15) is 6.04 Å². The molecule has 0 aromatic carbocycles. The number of amides is 1. The van der Waals surface area contributed by atoms with Crippen LogP contribution in [0, 0.1) is 5.92 Å². The topological polar surface area (TPSA) is 92.4 Å². The Balaban J connectivity index is 4.02. The SMILES string of the molecule is CC(C)CC(=O)NC(CCCCN)C(=O)O. The van der Waals surface area contributed by atoms with E-state index in [4.69, 9.17) is 10.8 Å². The number of unbranched alkanes of at least 4 members (excludes halogenated alkanes) is 1. The highest BCUT2D eigenvalue weighted by Gasteiger charge is 2.19. The number of carbonyl (C=O) groups is 2. The summed E-state index contributed by atoms with van der Waals surface area (Å²) in [4.78, 5) is 22.3. The lowest BCUT2D eigenvalue weighted by molar-refractivity contribution is -0.142. The van der Waals surface area contributed by atoms with Crippen LogP contribution in [0.1, 0.15) is 39.5 Å². The van der Waals surface area contributed by atoms with Gasteiger partial charge in [-0.1, -0.05) is 13.8 Å². The number of carboxylic acids is 1. The van der Waals surface area contributed by atoms with Gasteiger partial charge in [-0.05, 0) is 31.7 Å². The molecule has 0 radical (unpaired) electrons. The number of nitrogens with one attached hydrogen (secondary N) is 1. The molecular weight excluding hydrogens is 208 g/mol. The summed E-state index contributed by atoms with van der Waals surface area (Å²) in [6.45, 7) is 4.39. The number of nitrogens with two attached hydrogens (primary N) is 1. The molecule has 0 bridgehead atoms. The molecule has 0 aliphatic carbocycles. The van der Waals surface area contributed by atoms with Gasteiger partial charge in [0.2, 0.25) is 5.91 Å². The molecule has 94 valence electrons. The number of rotatable bonds is 8. The minimum atomic E-state index is -0.978. The molecule has 16 heavy (non-hydrogen) atoms. The third kappa shape index (κ3) is 7.23. The van der Waals surface area contributed by atoms with E-state index < -0.39 is 12.0 Å². The van der Waals surface area contributed by atoms with Gasteiger partial charge in [-0.2, -0.15) is 0 Å². The van der Waals surface area contributed by atoms with Gasteiger partial charge >= 0.3 is 5.97 Å². The molecule has 0 aromatic rings. The van der Waals surface area contributed by atoms with Gasteiger partial charge in [0.15, 0.2) is 0 Å². The summed E-state index contributed by atoms with van der Waals surface area (Å²) in [6, 6.07) is -0.780. The van der Waals surface area contributed by atoms with Crippen molar-refractivity contribution in [1.29, 1.82) is 0 Å². The van der Waals surface area contributed by atoms with Crippen molar-refractivity contribution in [1.82, 2.24) is 5.32 Å². The van der Waals surface area contributed by atoms with Crippen LogP contribution in [-0.2, 0) is 9.59 Å². The van der Waals surface area contributed by atoms with E-state index in [9.17, 15) is 9.59 Å². The van der Waals surface area contributed by atoms with Gasteiger partial charge in [0.25, 0.3) is 0 Å². The second-order valence-electron chi connectivity index (χ2n) is 4.34. The number of carbonyl (C=O) groups excluding carboxylic acids is 1. The van der Waals surface area contributed by atoms with Gasteiger partial charge in [0, 0.05) is 6.42 Å². The highest BCUT2D eigenvalue weighted by molar-refractivity contribution is 5.83. The maximum absolute atomic E-state index is 11.4. The summed E-state index contributed by atoms with van der Waals surface area (Å²) >= 11 is 0. The summed E-state index contributed by atoms with van der Waals surface area (Å²) in [5.74, 6) is -0.942. The first kappa shape index (κ1) is 14.9. The lowest BCUT2D eigenvalue weighted by Gasteiger charge is -2.15. The van der Waals surface area contributed by atoms with E-state index in [1.165, 1.54) is 0 Å². The van der Waals surface area contributed by atoms with Crippen LogP contribution < -0.4 is 11.1 Å². The summed E-state index contributed by atoms with van der Waals surface area (Å²) in [5, 5.41) is 11.4. The zero-order valence-corrected chi connectivity index (χ0v) is 10.0. The van der Waals surface area contributed by atoms with Gasteiger partial charge in [-0.15, -0.1) is 0 Å². The molecular formula is C11H22N2O3.